The molecule has 0 saturated carbocycles. The Labute approximate surface area is 164 Å². The van der Waals surface area contributed by atoms with Crippen molar-refractivity contribution in [1.82, 2.24) is 9.88 Å². The lowest BCUT2D eigenvalue weighted by Gasteiger charge is -2.23. The van der Waals surface area contributed by atoms with E-state index in [0.29, 0.717) is 17.3 Å². The van der Waals surface area contributed by atoms with Gasteiger partial charge in [0.2, 0.25) is 6.79 Å². The maximum atomic E-state index is 6.51. The number of rotatable bonds is 6. The van der Waals surface area contributed by atoms with Crippen LogP contribution in [0.2, 0.25) is 5.02 Å². The molecule has 0 aliphatic carbocycles. The van der Waals surface area contributed by atoms with Gasteiger partial charge in [-0.2, -0.15) is 0 Å². The first-order valence-electron chi connectivity index (χ1n) is 8.92. The molecule has 5 heteroatoms. The summed E-state index contributed by atoms with van der Waals surface area (Å²) in [5.74, 6) is 1.47. The van der Waals surface area contributed by atoms with E-state index in [1.165, 1.54) is 16.7 Å². The van der Waals surface area contributed by atoms with E-state index in [-0.39, 0.29) is 6.79 Å². The predicted molar refractivity (Wildman–Crippen MR) is 106 cm³/mol. The quantitative estimate of drug-likeness (QED) is 0.604. The number of aryl methyl sites for hydroxylation is 1. The zero-order chi connectivity index (χ0) is 18.6. The van der Waals surface area contributed by atoms with Crippen molar-refractivity contribution in [1.29, 1.82) is 0 Å². The summed E-state index contributed by atoms with van der Waals surface area (Å²) in [5.41, 5.74) is 4.78. The van der Waals surface area contributed by atoms with Gasteiger partial charge in [-0.15, -0.1) is 0 Å². The normalized spacial score (nSPS) is 12.6. The van der Waals surface area contributed by atoms with E-state index < -0.39 is 0 Å². The third-order valence-electron chi connectivity index (χ3n) is 4.62. The van der Waals surface area contributed by atoms with Gasteiger partial charge < -0.3 is 9.47 Å². The molecule has 4 nitrogen and oxygen atoms in total. The molecule has 0 atom stereocenters. The van der Waals surface area contributed by atoms with Crippen molar-refractivity contribution in [3.63, 3.8) is 0 Å². The molecule has 138 valence electrons. The van der Waals surface area contributed by atoms with Crippen molar-refractivity contribution >= 4 is 11.6 Å². The van der Waals surface area contributed by atoms with Gasteiger partial charge in [-0.25, -0.2) is 0 Å². The molecule has 0 fully saturated rings. The van der Waals surface area contributed by atoms with Gasteiger partial charge in [0, 0.05) is 43.1 Å². The summed E-state index contributed by atoms with van der Waals surface area (Å²) in [4.78, 5) is 6.48. The van der Waals surface area contributed by atoms with Crippen LogP contribution in [0, 0.1) is 6.92 Å². The first kappa shape index (κ1) is 17.8. The maximum Gasteiger partial charge on any atom is 0.231 e. The lowest BCUT2D eigenvalue weighted by atomic mass is 10.1. The summed E-state index contributed by atoms with van der Waals surface area (Å²) >= 11 is 6.51. The standard InChI is InChI=1S/C22H21ClN2O2/c1-16-2-4-17(5-3-16)12-25(13-18-6-8-24-9-7-18)14-19-10-21-22(11-20(19)23)27-15-26-21/h2-11H,12-15H2,1H3. The molecule has 2 aromatic carbocycles. The number of nitrogens with zero attached hydrogens (tertiary/aromatic N) is 2. The van der Waals surface area contributed by atoms with E-state index in [2.05, 4.69) is 41.1 Å². The number of ether oxygens (including phenoxy) is 2. The zero-order valence-corrected chi connectivity index (χ0v) is 15.9. The summed E-state index contributed by atoms with van der Waals surface area (Å²) in [6.07, 6.45) is 3.65. The number of aromatic nitrogens is 1. The second-order valence-corrected chi connectivity index (χ2v) is 7.19. The van der Waals surface area contributed by atoms with Crippen LogP contribution in [0.4, 0.5) is 0 Å². The van der Waals surface area contributed by atoms with Crippen LogP contribution in [0.15, 0.2) is 60.9 Å². The second kappa shape index (κ2) is 7.99. The highest BCUT2D eigenvalue weighted by atomic mass is 35.5. The molecule has 0 saturated heterocycles. The van der Waals surface area contributed by atoms with Gasteiger partial charge in [0.15, 0.2) is 11.5 Å². The fourth-order valence-electron chi connectivity index (χ4n) is 3.19. The van der Waals surface area contributed by atoms with E-state index in [1.807, 2.05) is 36.7 Å². The Morgan fingerprint density at radius 2 is 1.52 bits per heavy atom. The van der Waals surface area contributed by atoms with E-state index >= 15 is 0 Å². The fourth-order valence-corrected chi connectivity index (χ4v) is 3.40. The molecule has 27 heavy (non-hydrogen) atoms. The van der Waals surface area contributed by atoms with Crippen molar-refractivity contribution < 1.29 is 9.47 Å². The molecule has 4 rings (SSSR count). The van der Waals surface area contributed by atoms with Crippen molar-refractivity contribution in [2.75, 3.05) is 6.79 Å². The minimum atomic E-state index is 0.249. The number of hydrogen-bond acceptors (Lipinski definition) is 4. The molecular weight excluding hydrogens is 360 g/mol. The lowest BCUT2D eigenvalue weighted by Crippen LogP contribution is -2.22. The molecule has 3 aromatic rings. The Kier molecular flexibility index (Phi) is 5.28. The highest BCUT2D eigenvalue weighted by Crippen LogP contribution is 2.37. The van der Waals surface area contributed by atoms with Crippen LogP contribution in [-0.2, 0) is 19.6 Å². The van der Waals surface area contributed by atoms with Crippen LogP contribution in [0.25, 0.3) is 0 Å². The topological polar surface area (TPSA) is 34.6 Å². The van der Waals surface area contributed by atoms with Gasteiger partial charge in [0.25, 0.3) is 0 Å². The highest BCUT2D eigenvalue weighted by Gasteiger charge is 2.18. The average Bonchev–Trinajstić information content (AvgIpc) is 3.12. The molecule has 0 spiro atoms. The number of hydrogen-bond donors (Lipinski definition) is 0. The monoisotopic (exact) mass is 380 g/mol. The first-order chi connectivity index (χ1) is 13.2. The average molecular weight is 381 g/mol. The Morgan fingerprint density at radius 1 is 0.889 bits per heavy atom. The molecule has 2 heterocycles. The Bertz CT molecular complexity index is 914. The SMILES string of the molecule is Cc1ccc(CN(Cc2ccncc2)Cc2cc3c(cc2Cl)OCO3)cc1. The number of halogens is 1. The van der Waals surface area contributed by atoms with Gasteiger partial charge in [0.05, 0.1) is 0 Å². The lowest BCUT2D eigenvalue weighted by molar-refractivity contribution is 0.174. The van der Waals surface area contributed by atoms with Gasteiger partial charge in [-0.3, -0.25) is 9.88 Å². The van der Waals surface area contributed by atoms with Gasteiger partial charge in [-0.05, 0) is 41.8 Å². The zero-order valence-electron chi connectivity index (χ0n) is 15.2. The Hall–Kier alpha value is -2.56. The Balaban J connectivity index is 1.58. The summed E-state index contributed by atoms with van der Waals surface area (Å²) in [7, 11) is 0. The maximum absolute atomic E-state index is 6.51. The summed E-state index contributed by atoms with van der Waals surface area (Å²) < 4.78 is 10.9. The highest BCUT2D eigenvalue weighted by molar-refractivity contribution is 6.31. The third kappa shape index (κ3) is 4.41. The molecule has 1 aliphatic heterocycles. The largest absolute Gasteiger partial charge is 0.454 e. The van der Waals surface area contributed by atoms with Gasteiger partial charge in [-0.1, -0.05) is 41.4 Å². The van der Waals surface area contributed by atoms with Crippen molar-refractivity contribution in [3.8, 4) is 11.5 Å². The van der Waals surface area contributed by atoms with E-state index in [9.17, 15) is 0 Å². The fraction of sp³-hybridized carbons (Fsp3) is 0.227. The van der Waals surface area contributed by atoms with Crippen molar-refractivity contribution in [2.45, 2.75) is 26.6 Å². The predicted octanol–water partition coefficient (Wildman–Crippen LogP) is 4.97. The Morgan fingerprint density at radius 3 is 2.22 bits per heavy atom. The van der Waals surface area contributed by atoms with E-state index in [1.54, 1.807) is 0 Å². The van der Waals surface area contributed by atoms with E-state index in [4.69, 9.17) is 21.1 Å². The summed E-state index contributed by atoms with van der Waals surface area (Å²) in [5, 5.41) is 0.697. The molecular formula is C22H21ClN2O2. The van der Waals surface area contributed by atoms with Crippen LogP contribution in [0.5, 0.6) is 11.5 Å². The second-order valence-electron chi connectivity index (χ2n) is 6.78. The molecule has 1 aromatic heterocycles. The van der Waals surface area contributed by atoms with Gasteiger partial charge >= 0.3 is 0 Å². The molecule has 0 unspecified atom stereocenters. The van der Waals surface area contributed by atoms with Crippen LogP contribution >= 0.6 is 11.6 Å². The van der Waals surface area contributed by atoms with Crippen LogP contribution in [-0.4, -0.2) is 16.7 Å². The summed E-state index contributed by atoms with van der Waals surface area (Å²) in [6.45, 7) is 4.70. The number of pyridine rings is 1. The van der Waals surface area contributed by atoms with Crippen molar-refractivity contribution in [2.24, 2.45) is 0 Å². The smallest absolute Gasteiger partial charge is 0.231 e. The third-order valence-corrected chi connectivity index (χ3v) is 4.97. The summed E-state index contributed by atoms with van der Waals surface area (Å²) in [6, 6.07) is 16.6. The molecule has 0 radical (unpaired) electrons. The number of benzene rings is 2. The van der Waals surface area contributed by atoms with Crippen molar-refractivity contribution in [3.05, 3.63) is 88.2 Å². The molecule has 0 N–H and O–H groups in total. The van der Waals surface area contributed by atoms with E-state index in [0.717, 1.165) is 24.4 Å². The first-order valence-corrected chi connectivity index (χ1v) is 9.30. The molecule has 0 bridgehead atoms. The van der Waals surface area contributed by atoms with Crippen LogP contribution in [0.3, 0.4) is 0 Å². The molecule has 1 aliphatic rings. The van der Waals surface area contributed by atoms with Crippen LogP contribution < -0.4 is 9.47 Å². The number of fused-ring (bicyclic) bond motifs is 1. The minimum absolute atomic E-state index is 0.249. The molecule has 0 amide bonds. The van der Waals surface area contributed by atoms with Gasteiger partial charge in [0.1, 0.15) is 0 Å². The minimum Gasteiger partial charge on any atom is -0.454 e. The van der Waals surface area contributed by atoms with Crippen LogP contribution in [0.1, 0.15) is 22.3 Å².